The zero-order chi connectivity index (χ0) is 26.5. The minimum Gasteiger partial charge on any atom is -0.508 e. The smallest absolute Gasteiger partial charge is 0.290 e. The fraction of sp³-hybridized carbons (Fsp3) is 0.286. The molecule has 4 heterocycles. The topological polar surface area (TPSA) is 146 Å². The van der Waals surface area contributed by atoms with Gasteiger partial charge in [0, 0.05) is 29.7 Å². The second-order valence-electron chi connectivity index (χ2n) is 9.30. The van der Waals surface area contributed by atoms with Crippen molar-refractivity contribution in [1.29, 1.82) is 0 Å². The van der Waals surface area contributed by atoms with E-state index in [1.807, 2.05) is 24.4 Å². The molecule has 0 aliphatic heterocycles. The zero-order valence-corrected chi connectivity index (χ0v) is 20.8. The number of imidazole rings is 1. The van der Waals surface area contributed by atoms with Crippen LogP contribution >= 0.6 is 0 Å². The molecule has 6 rings (SSSR count). The lowest BCUT2D eigenvalue weighted by molar-refractivity contribution is -0.122. The summed E-state index contributed by atoms with van der Waals surface area (Å²) in [6.45, 7) is 0.206. The van der Waals surface area contributed by atoms with Gasteiger partial charge >= 0.3 is 0 Å². The number of phenols is 1. The van der Waals surface area contributed by atoms with Crippen LogP contribution in [0.4, 0.5) is 0 Å². The van der Waals surface area contributed by atoms with Gasteiger partial charge in [-0.15, -0.1) is 0 Å². The number of pyridine rings is 1. The number of carbonyl (C=O) groups excluding carboxylic acids is 1. The molecule has 0 atom stereocenters. The normalized spacial score (nSPS) is 13.8. The number of rotatable bonds is 6. The van der Waals surface area contributed by atoms with E-state index in [9.17, 15) is 9.90 Å². The van der Waals surface area contributed by atoms with E-state index < -0.39 is 0 Å². The van der Waals surface area contributed by atoms with Crippen molar-refractivity contribution in [2.24, 2.45) is 0 Å². The number of carboxylic acid groups (broad SMARTS) is 1. The molecule has 1 fully saturated rings. The van der Waals surface area contributed by atoms with Crippen LogP contribution in [0.3, 0.4) is 0 Å². The summed E-state index contributed by atoms with van der Waals surface area (Å²) in [5, 5.41) is 20.6. The largest absolute Gasteiger partial charge is 0.508 e. The Morgan fingerprint density at radius 2 is 1.97 bits per heavy atom. The number of aromatic nitrogens is 4. The Bertz CT molecular complexity index is 1550. The number of carbonyl (C=O) groups is 2. The SMILES string of the molecule is O=C(NCCc1c[nH]c2ccc(O)cc12)c1ccc2c(n1)nc(-c1ccoc1)n2C1CCCCC1.O=CO. The van der Waals surface area contributed by atoms with Crippen LogP contribution in [-0.4, -0.2) is 48.7 Å². The van der Waals surface area contributed by atoms with E-state index in [1.54, 1.807) is 30.7 Å². The number of furan rings is 1. The molecule has 0 bridgehead atoms. The van der Waals surface area contributed by atoms with Gasteiger partial charge in [0.25, 0.3) is 12.4 Å². The molecule has 0 radical (unpaired) electrons. The summed E-state index contributed by atoms with van der Waals surface area (Å²) >= 11 is 0. The van der Waals surface area contributed by atoms with Crippen LogP contribution in [0.25, 0.3) is 33.5 Å². The molecule has 5 aromatic rings. The van der Waals surface area contributed by atoms with Gasteiger partial charge in [-0.3, -0.25) is 9.59 Å². The van der Waals surface area contributed by atoms with Gasteiger partial charge in [-0.25, -0.2) is 9.97 Å². The number of fused-ring (bicyclic) bond motifs is 2. The summed E-state index contributed by atoms with van der Waals surface area (Å²) in [7, 11) is 0. The first-order chi connectivity index (χ1) is 18.6. The van der Waals surface area contributed by atoms with Gasteiger partial charge in [0.1, 0.15) is 23.5 Å². The maximum atomic E-state index is 12.9. The molecule has 196 valence electrons. The van der Waals surface area contributed by atoms with Gasteiger partial charge in [-0.1, -0.05) is 19.3 Å². The van der Waals surface area contributed by atoms with E-state index in [-0.39, 0.29) is 18.1 Å². The van der Waals surface area contributed by atoms with E-state index in [0.717, 1.165) is 46.2 Å². The predicted molar refractivity (Wildman–Crippen MR) is 142 cm³/mol. The van der Waals surface area contributed by atoms with Gasteiger partial charge in [0.05, 0.1) is 17.3 Å². The first-order valence-corrected chi connectivity index (χ1v) is 12.7. The van der Waals surface area contributed by atoms with Crippen molar-refractivity contribution >= 4 is 34.4 Å². The van der Waals surface area contributed by atoms with Crippen molar-refractivity contribution < 1.29 is 24.2 Å². The number of hydrogen-bond acceptors (Lipinski definition) is 6. The summed E-state index contributed by atoms with van der Waals surface area (Å²) in [6.07, 6.45) is 11.8. The lowest BCUT2D eigenvalue weighted by Crippen LogP contribution is -2.26. The highest BCUT2D eigenvalue weighted by Gasteiger charge is 2.24. The van der Waals surface area contributed by atoms with Crippen LogP contribution in [-0.2, 0) is 11.2 Å². The average Bonchev–Trinajstić information content (AvgIpc) is 3.68. The second kappa shape index (κ2) is 11.2. The molecule has 4 aromatic heterocycles. The third-order valence-electron chi connectivity index (χ3n) is 6.94. The second-order valence-corrected chi connectivity index (χ2v) is 9.30. The number of benzene rings is 1. The Kier molecular flexibility index (Phi) is 7.39. The average molecular weight is 516 g/mol. The van der Waals surface area contributed by atoms with Gasteiger partial charge in [0.2, 0.25) is 0 Å². The molecule has 10 heteroatoms. The van der Waals surface area contributed by atoms with Crippen molar-refractivity contribution in [3.8, 4) is 17.1 Å². The Morgan fingerprint density at radius 1 is 1.16 bits per heavy atom. The summed E-state index contributed by atoms with van der Waals surface area (Å²) in [6, 6.07) is 11.3. The summed E-state index contributed by atoms with van der Waals surface area (Å²) in [5.74, 6) is 0.835. The molecule has 4 N–H and O–H groups in total. The van der Waals surface area contributed by atoms with E-state index in [0.29, 0.717) is 30.3 Å². The van der Waals surface area contributed by atoms with Crippen LogP contribution in [0.5, 0.6) is 5.75 Å². The van der Waals surface area contributed by atoms with Crippen molar-refractivity contribution in [3.05, 3.63) is 66.4 Å². The predicted octanol–water partition coefficient (Wildman–Crippen LogP) is 5.06. The van der Waals surface area contributed by atoms with E-state index in [1.165, 1.54) is 19.3 Å². The zero-order valence-electron chi connectivity index (χ0n) is 20.8. The highest BCUT2D eigenvalue weighted by Crippen LogP contribution is 2.35. The highest BCUT2D eigenvalue weighted by atomic mass is 16.3. The number of H-pyrrole nitrogens is 1. The Hall–Kier alpha value is -4.60. The molecule has 1 saturated carbocycles. The first-order valence-electron chi connectivity index (χ1n) is 12.7. The molecule has 1 aliphatic rings. The molecule has 0 saturated heterocycles. The molecule has 10 nitrogen and oxygen atoms in total. The van der Waals surface area contributed by atoms with E-state index >= 15 is 0 Å². The fourth-order valence-electron chi connectivity index (χ4n) is 5.18. The van der Waals surface area contributed by atoms with Gasteiger partial charge in [-0.05, 0) is 61.2 Å². The van der Waals surface area contributed by atoms with Gasteiger partial charge in [0.15, 0.2) is 5.65 Å². The maximum absolute atomic E-state index is 12.9. The number of aromatic hydroxyl groups is 1. The molecule has 1 aromatic carbocycles. The number of nitrogens with zero attached hydrogens (tertiary/aromatic N) is 3. The standard InChI is InChI=1S/C27H27N5O3.CH2O2/c33-20-6-7-22-21(14-20)17(15-29-22)10-12-28-27(34)23-8-9-24-25(30-23)31-26(18-11-13-35-16-18)32(24)19-4-2-1-3-5-19;2-1-3/h6-9,11,13-16,19,29,33H,1-5,10,12H2,(H,28,34);1H,(H,2,3). The van der Waals surface area contributed by atoms with Crippen molar-refractivity contribution in [1.82, 2.24) is 24.8 Å². The Morgan fingerprint density at radius 3 is 2.74 bits per heavy atom. The molecular weight excluding hydrogens is 486 g/mol. The first kappa shape index (κ1) is 25.1. The summed E-state index contributed by atoms with van der Waals surface area (Å²) in [4.78, 5) is 33.9. The number of phenolic OH excluding ortho intramolecular Hbond substituents is 1. The number of aromatic amines is 1. The third kappa shape index (κ3) is 5.10. The minimum absolute atomic E-state index is 0.224. The molecule has 0 spiro atoms. The van der Waals surface area contributed by atoms with Crippen molar-refractivity contribution in [2.45, 2.75) is 44.6 Å². The van der Waals surface area contributed by atoms with E-state index in [4.69, 9.17) is 19.3 Å². The van der Waals surface area contributed by atoms with Crippen molar-refractivity contribution in [2.75, 3.05) is 6.54 Å². The Labute approximate surface area is 218 Å². The van der Waals surface area contributed by atoms with Crippen LogP contribution in [0.2, 0.25) is 0 Å². The number of nitrogens with one attached hydrogen (secondary N) is 2. The van der Waals surface area contributed by atoms with Crippen LogP contribution < -0.4 is 5.32 Å². The molecule has 38 heavy (non-hydrogen) atoms. The monoisotopic (exact) mass is 515 g/mol. The van der Waals surface area contributed by atoms with Gasteiger partial charge in [-0.2, -0.15) is 0 Å². The Balaban J connectivity index is 0.000000937. The third-order valence-corrected chi connectivity index (χ3v) is 6.94. The van der Waals surface area contributed by atoms with Gasteiger partial charge < -0.3 is 29.5 Å². The summed E-state index contributed by atoms with van der Waals surface area (Å²) in [5.41, 5.74) is 4.79. The highest BCUT2D eigenvalue weighted by molar-refractivity contribution is 5.94. The van der Waals surface area contributed by atoms with Crippen LogP contribution in [0, 0.1) is 0 Å². The number of amides is 1. The molecular formula is C28H29N5O5. The maximum Gasteiger partial charge on any atom is 0.290 e. The molecule has 0 unspecified atom stereocenters. The van der Waals surface area contributed by atoms with Crippen molar-refractivity contribution in [3.63, 3.8) is 0 Å². The number of hydrogen-bond donors (Lipinski definition) is 4. The molecule has 1 amide bonds. The summed E-state index contributed by atoms with van der Waals surface area (Å²) < 4.78 is 7.60. The van der Waals surface area contributed by atoms with E-state index in [2.05, 4.69) is 19.9 Å². The minimum atomic E-state index is -0.250. The lowest BCUT2D eigenvalue weighted by Gasteiger charge is -2.25. The quantitative estimate of drug-likeness (QED) is 0.231. The lowest BCUT2D eigenvalue weighted by atomic mass is 9.95. The molecule has 1 aliphatic carbocycles. The van der Waals surface area contributed by atoms with Crippen LogP contribution in [0.1, 0.15) is 54.2 Å². The fourth-order valence-corrected chi connectivity index (χ4v) is 5.18. The van der Waals surface area contributed by atoms with Crippen LogP contribution in [0.15, 0.2) is 59.5 Å².